The van der Waals surface area contributed by atoms with Crippen molar-refractivity contribution in [1.29, 1.82) is 0 Å². The van der Waals surface area contributed by atoms with E-state index in [0.717, 1.165) is 53.0 Å². The third-order valence-electron chi connectivity index (χ3n) is 10.1. The van der Waals surface area contributed by atoms with E-state index in [1.54, 1.807) is 7.11 Å². The molecule has 2 N–H and O–H groups in total. The molecule has 0 spiro atoms. The highest BCUT2D eigenvalue weighted by atomic mass is 16.5. The van der Waals surface area contributed by atoms with Crippen LogP contribution in [-0.2, 0) is 17.9 Å². The van der Waals surface area contributed by atoms with Gasteiger partial charge in [-0.3, -0.25) is 9.59 Å². The number of likely N-dealkylation sites (tertiary alicyclic amines) is 2. The number of aromatic nitrogens is 4. The van der Waals surface area contributed by atoms with Gasteiger partial charge in [0.05, 0.1) is 18.3 Å². The average Bonchev–Trinajstić information content (AvgIpc) is 3.36. The molecule has 5 heterocycles. The number of methoxy groups -OCH3 is 1. The van der Waals surface area contributed by atoms with Gasteiger partial charge in [0, 0.05) is 67.9 Å². The predicted octanol–water partition coefficient (Wildman–Crippen LogP) is 3.68. The molecule has 2 amide bonds. The third kappa shape index (κ3) is 4.25. The number of rotatable bonds is 8. The molecule has 2 bridgehead atoms. The minimum Gasteiger partial charge on any atom is -0.494 e. The van der Waals surface area contributed by atoms with E-state index >= 15 is 0 Å². The number of benzene rings is 1. The number of fused-ring (bicyclic) bond motifs is 4. The van der Waals surface area contributed by atoms with Crippen molar-refractivity contribution >= 4 is 33.9 Å². The Labute approximate surface area is 250 Å². The Morgan fingerprint density at radius 2 is 1.88 bits per heavy atom. The normalized spacial score (nSPS) is 23.3. The molecule has 3 atom stereocenters. The van der Waals surface area contributed by atoms with Gasteiger partial charge >= 0.3 is 0 Å². The van der Waals surface area contributed by atoms with Crippen molar-refractivity contribution in [2.45, 2.75) is 50.9 Å². The average molecular weight is 580 g/mol. The molecule has 10 nitrogen and oxygen atoms in total. The second-order valence-electron chi connectivity index (χ2n) is 12.8. The van der Waals surface area contributed by atoms with Crippen molar-refractivity contribution < 1.29 is 14.3 Å². The molecular formula is C33H37N7O3. The molecule has 4 aliphatic rings. The zero-order valence-corrected chi connectivity index (χ0v) is 24.5. The van der Waals surface area contributed by atoms with Gasteiger partial charge < -0.3 is 29.4 Å². The number of ether oxygens (including phenoxy) is 1. The first kappa shape index (κ1) is 26.4. The Bertz CT molecular complexity index is 1780. The van der Waals surface area contributed by atoms with Crippen LogP contribution in [0.2, 0.25) is 0 Å². The third-order valence-corrected chi connectivity index (χ3v) is 10.1. The fraction of sp³-hybridized carbons (Fsp3) is 0.455. The number of hydrogen-bond acceptors (Lipinski definition) is 6. The molecule has 8 rings (SSSR count). The molecule has 222 valence electrons. The number of piperidine rings is 1. The molecule has 4 fully saturated rings. The van der Waals surface area contributed by atoms with Gasteiger partial charge in [0.15, 0.2) is 5.82 Å². The van der Waals surface area contributed by atoms with Crippen LogP contribution in [0.5, 0.6) is 5.75 Å². The highest BCUT2D eigenvalue weighted by molar-refractivity contribution is 6.00. The van der Waals surface area contributed by atoms with E-state index in [9.17, 15) is 9.59 Å². The number of imidazole rings is 1. The number of amides is 2. The first-order valence-electron chi connectivity index (χ1n) is 15.4. The Balaban J connectivity index is 1.25. The lowest BCUT2D eigenvalue weighted by Gasteiger charge is -2.39. The van der Waals surface area contributed by atoms with Crippen LogP contribution < -0.4 is 10.5 Å². The molecule has 10 heteroatoms. The van der Waals surface area contributed by atoms with Crippen LogP contribution in [0, 0.1) is 17.8 Å². The summed E-state index contributed by atoms with van der Waals surface area (Å²) in [6, 6.07) is 10.2. The van der Waals surface area contributed by atoms with Gasteiger partial charge in [-0.05, 0) is 73.9 Å². The molecule has 0 unspecified atom stereocenters. The van der Waals surface area contributed by atoms with Crippen LogP contribution in [0.4, 0.5) is 0 Å². The zero-order valence-electron chi connectivity index (χ0n) is 24.5. The highest BCUT2D eigenvalue weighted by Crippen LogP contribution is 2.41. The van der Waals surface area contributed by atoms with Gasteiger partial charge in [0.2, 0.25) is 5.91 Å². The smallest absolute Gasteiger partial charge is 0.254 e. The number of nitrogens with zero attached hydrogens (tertiary/aromatic N) is 6. The quantitative estimate of drug-likeness (QED) is 0.319. The summed E-state index contributed by atoms with van der Waals surface area (Å²) >= 11 is 0. The standard InChI is InChI=1S/C33H37N7O3/c1-3-28(41)37-14-20(15-37)17-40-30-24(11-23(13-27(30)43-2)33(42)39-18-22-8-9-25(39)29(22)34)36-32(40)26-12-21-5-4-10-35-31(21)38(26)16-19-6-7-19/h3-5,10-13,19-20,22,25,29H,1,6-9,14-18,34H2,2H3/t22-,25-,29-/m1/s1. The van der Waals surface area contributed by atoms with Crippen LogP contribution in [-0.4, -0.2) is 79.5 Å². The molecule has 4 aromatic rings. The first-order valence-corrected chi connectivity index (χ1v) is 15.4. The summed E-state index contributed by atoms with van der Waals surface area (Å²) in [5, 5.41) is 1.08. The first-order chi connectivity index (χ1) is 20.9. The van der Waals surface area contributed by atoms with Gasteiger partial charge in [-0.1, -0.05) is 6.58 Å². The second-order valence-corrected chi connectivity index (χ2v) is 12.8. The van der Waals surface area contributed by atoms with Gasteiger partial charge in [0.1, 0.15) is 16.9 Å². The monoisotopic (exact) mass is 579 g/mol. The van der Waals surface area contributed by atoms with Gasteiger partial charge in [-0.15, -0.1) is 0 Å². The number of carbonyl (C=O) groups excluding carboxylic acids is 2. The predicted molar refractivity (Wildman–Crippen MR) is 164 cm³/mol. The number of pyridine rings is 1. The molecule has 3 aromatic heterocycles. The van der Waals surface area contributed by atoms with Crippen LogP contribution in [0.3, 0.4) is 0 Å². The van der Waals surface area contributed by atoms with Crippen molar-refractivity contribution in [2.24, 2.45) is 23.5 Å². The summed E-state index contributed by atoms with van der Waals surface area (Å²) in [6.45, 7) is 7.23. The molecule has 2 saturated carbocycles. The van der Waals surface area contributed by atoms with E-state index in [1.807, 2.05) is 34.2 Å². The molecule has 2 saturated heterocycles. The van der Waals surface area contributed by atoms with Crippen molar-refractivity contribution in [3.05, 3.63) is 54.7 Å². The van der Waals surface area contributed by atoms with Crippen molar-refractivity contribution in [3.63, 3.8) is 0 Å². The molecule has 1 aromatic carbocycles. The Morgan fingerprint density at radius 1 is 1.07 bits per heavy atom. The van der Waals surface area contributed by atoms with Crippen LogP contribution >= 0.6 is 0 Å². The second kappa shape index (κ2) is 9.94. The molecule has 43 heavy (non-hydrogen) atoms. The maximum absolute atomic E-state index is 13.8. The van der Waals surface area contributed by atoms with Crippen molar-refractivity contribution in [2.75, 3.05) is 26.7 Å². The van der Waals surface area contributed by atoms with Gasteiger partial charge in [0.25, 0.3) is 5.91 Å². The minimum absolute atomic E-state index is 0.0106. The fourth-order valence-corrected chi connectivity index (χ4v) is 7.60. The molecular weight excluding hydrogens is 542 g/mol. The number of hydrogen-bond donors (Lipinski definition) is 1. The van der Waals surface area contributed by atoms with E-state index in [2.05, 4.69) is 27.8 Å². The molecule has 2 aliphatic heterocycles. The Morgan fingerprint density at radius 3 is 2.58 bits per heavy atom. The minimum atomic E-state index is -0.0429. The lowest BCUT2D eigenvalue weighted by Crippen LogP contribution is -2.50. The fourth-order valence-electron chi connectivity index (χ4n) is 7.60. The van der Waals surface area contributed by atoms with E-state index in [-0.39, 0.29) is 29.8 Å². The highest BCUT2D eigenvalue weighted by Gasteiger charge is 2.47. The van der Waals surface area contributed by atoms with E-state index in [1.165, 1.54) is 18.9 Å². The Hall–Kier alpha value is -4.18. The number of carbonyl (C=O) groups is 2. The van der Waals surface area contributed by atoms with Crippen LogP contribution in [0.1, 0.15) is 36.0 Å². The van der Waals surface area contributed by atoms with Crippen LogP contribution in [0.15, 0.2) is 49.2 Å². The van der Waals surface area contributed by atoms with E-state index in [0.29, 0.717) is 49.3 Å². The summed E-state index contributed by atoms with van der Waals surface area (Å²) < 4.78 is 10.5. The topological polar surface area (TPSA) is 112 Å². The van der Waals surface area contributed by atoms with Crippen molar-refractivity contribution in [3.8, 4) is 17.3 Å². The Kier molecular flexibility index (Phi) is 6.11. The van der Waals surface area contributed by atoms with Crippen LogP contribution in [0.25, 0.3) is 33.6 Å². The zero-order chi connectivity index (χ0) is 29.4. The number of nitrogens with two attached hydrogens (primary N) is 1. The summed E-state index contributed by atoms with van der Waals surface area (Å²) in [5.74, 6) is 2.67. The van der Waals surface area contributed by atoms with Crippen molar-refractivity contribution in [1.82, 2.24) is 28.9 Å². The van der Waals surface area contributed by atoms with E-state index < -0.39 is 0 Å². The van der Waals surface area contributed by atoms with Gasteiger partial charge in [-0.25, -0.2) is 9.97 Å². The SMILES string of the molecule is C=CC(=O)N1CC(Cn2c(-c3cc4cccnc4n3CC3CC3)nc3cc(C(=O)N4C[C@H]5CC[C@@H]4[C@@H]5N)cc(OC)c32)C1. The molecule has 2 aliphatic carbocycles. The lowest BCUT2D eigenvalue weighted by molar-refractivity contribution is -0.132. The lowest BCUT2D eigenvalue weighted by atomic mass is 9.99. The summed E-state index contributed by atoms with van der Waals surface area (Å²) in [7, 11) is 1.65. The summed E-state index contributed by atoms with van der Waals surface area (Å²) in [5.41, 5.74) is 10.6. The largest absolute Gasteiger partial charge is 0.494 e. The summed E-state index contributed by atoms with van der Waals surface area (Å²) in [6.07, 6.45) is 7.71. The van der Waals surface area contributed by atoms with E-state index in [4.69, 9.17) is 20.4 Å². The van der Waals surface area contributed by atoms with Gasteiger partial charge in [-0.2, -0.15) is 0 Å². The molecule has 0 radical (unpaired) electrons. The summed E-state index contributed by atoms with van der Waals surface area (Å²) in [4.78, 5) is 39.8. The maximum Gasteiger partial charge on any atom is 0.254 e. The maximum atomic E-state index is 13.8.